The maximum Gasteiger partial charge on any atom is 0.227 e. The normalized spacial score (nSPS) is 11.7. The lowest BCUT2D eigenvalue weighted by Crippen LogP contribution is -2.10. The van der Waals surface area contributed by atoms with Crippen LogP contribution in [0.1, 0.15) is 0 Å². The number of rotatable bonds is 6. The number of hydrogen-bond acceptors (Lipinski definition) is 5. The number of aromatic nitrogens is 1. The molecule has 0 unspecified atom stereocenters. The number of nitrogens with zero attached hydrogens (tertiary/aromatic N) is 2. The molecule has 0 aliphatic carbocycles. The topological polar surface area (TPSA) is 55.6 Å². The average Bonchev–Trinajstić information content (AvgIpc) is 3.95. The van der Waals surface area contributed by atoms with Gasteiger partial charge in [-0.3, -0.25) is 0 Å². The summed E-state index contributed by atoms with van der Waals surface area (Å²) < 4.78 is 19.2. The van der Waals surface area contributed by atoms with E-state index in [9.17, 15) is 0 Å². The van der Waals surface area contributed by atoms with Gasteiger partial charge >= 0.3 is 0 Å². The van der Waals surface area contributed by atoms with E-state index in [1.807, 2.05) is 60.7 Å². The molecule has 0 fully saturated rings. The number of para-hydroxylation sites is 2. The zero-order valence-electron chi connectivity index (χ0n) is 28.9. The molecule has 0 spiro atoms. The van der Waals surface area contributed by atoms with Crippen LogP contribution in [0.25, 0.3) is 88.7 Å². The molecule has 0 aliphatic heterocycles. The van der Waals surface area contributed by atoms with Gasteiger partial charge in [0, 0.05) is 50.4 Å². The lowest BCUT2D eigenvalue weighted by molar-refractivity contribution is 0.619. The molecule has 0 N–H and O–H groups in total. The molecule has 11 rings (SSSR count). The van der Waals surface area contributed by atoms with E-state index in [4.69, 9.17) is 18.2 Å². The van der Waals surface area contributed by atoms with E-state index in [1.54, 1.807) is 0 Å². The van der Waals surface area contributed by atoms with E-state index < -0.39 is 0 Å². The van der Waals surface area contributed by atoms with Gasteiger partial charge in [0.1, 0.15) is 27.8 Å². The Labute approximate surface area is 309 Å². The highest BCUT2D eigenvalue weighted by atomic mass is 16.4. The van der Waals surface area contributed by atoms with Gasteiger partial charge in [0.25, 0.3) is 0 Å². The highest BCUT2D eigenvalue weighted by molar-refractivity contribution is 6.17. The highest BCUT2D eigenvalue weighted by Gasteiger charge is 2.20. The molecule has 5 heteroatoms. The summed E-state index contributed by atoms with van der Waals surface area (Å²) in [6.07, 6.45) is 0. The molecule has 0 aliphatic rings. The van der Waals surface area contributed by atoms with Crippen molar-refractivity contribution in [2.75, 3.05) is 4.90 Å². The first-order valence-corrected chi connectivity index (χ1v) is 18.0. The molecule has 0 atom stereocenters. The first-order chi connectivity index (χ1) is 26.7. The first-order valence-electron chi connectivity index (χ1n) is 18.0. The van der Waals surface area contributed by atoms with E-state index in [0.717, 1.165) is 99.9 Å². The predicted octanol–water partition coefficient (Wildman–Crippen LogP) is 14.1. The number of anilines is 3. The van der Waals surface area contributed by atoms with Crippen LogP contribution in [0.4, 0.5) is 17.1 Å². The minimum Gasteiger partial charge on any atom is -0.456 e. The molecule has 8 aromatic carbocycles. The molecule has 54 heavy (non-hydrogen) atoms. The summed E-state index contributed by atoms with van der Waals surface area (Å²) in [6.45, 7) is 0. The smallest absolute Gasteiger partial charge is 0.227 e. The second-order valence-corrected chi connectivity index (χ2v) is 13.5. The van der Waals surface area contributed by atoms with Crippen LogP contribution in [0, 0.1) is 0 Å². The lowest BCUT2D eigenvalue weighted by Gasteiger charge is -2.26. The van der Waals surface area contributed by atoms with Crippen molar-refractivity contribution in [2.45, 2.75) is 0 Å². The summed E-state index contributed by atoms with van der Waals surface area (Å²) in [5.74, 6) is 0.591. The molecule has 0 saturated heterocycles. The Morgan fingerprint density at radius 1 is 0.370 bits per heavy atom. The Kier molecular flexibility index (Phi) is 6.79. The van der Waals surface area contributed by atoms with E-state index >= 15 is 0 Å². The fourth-order valence-electron chi connectivity index (χ4n) is 7.75. The van der Waals surface area contributed by atoms with Crippen molar-refractivity contribution in [3.8, 4) is 33.7 Å². The van der Waals surface area contributed by atoms with Crippen LogP contribution in [0.15, 0.2) is 195 Å². The molecular weight excluding hydrogens is 665 g/mol. The lowest BCUT2D eigenvalue weighted by atomic mass is 10.0. The minimum atomic E-state index is 0.591. The van der Waals surface area contributed by atoms with Crippen molar-refractivity contribution < 1.29 is 13.3 Å². The van der Waals surface area contributed by atoms with Crippen molar-refractivity contribution in [2.24, 2.45) is 0 Å². The summed E-state index contributed by atoms with van der Waals surface area (Å²) in [6, 6.07) is 62.8. The van der Waals surface area contributed by atoms with Crippen LogP contribution < -0.4 is 4.90 Å². The SMILES string of the molecule is c1ccc(-c2cccc(N(c3ccc(-c4cccc5c4oc4ccccc45)cc3)c3ccc4c(c3)oc3ccc5oc(-c6ccccc6)nc5c34)c2)cc1. The van der Waals surface area contributed by atoms with E-state index in [2.05, 4.69) is 126 Å². The number of benzene rings is 8. The summed E-state index contributed by atoms with van der Waals surface area (Å²) in [5.41, 5.74) is 13.2. The van der Waals surface area contributed by atoms with Crippen LogP contribution in [0.2, 0.25) is 0 Å². The predicted molar refractivity (Wildman–Crippen MR) is 220 cm³/mol. The monoisotopic (exact) mass is 694 g/mol. The van der Waals surface area contributed by atoms with Gasteiger partial charge in [0.2, 0.25) is 5.89 Å². The maximum absolute atomic E-state index is 6.56. The highest BCUT2D eigenvalue weighted by Crippen LogP contribution is 2.43. The summed E-state index contributed by atoms with van der Waals surface area (Å²) >= 11 is 0. The second-order valence-electron chi connectivity index (χ2n) is 13.5. The van der Waals surface area contributed by atoms with Gasteiger partial charge in [0.15, 0.2) is 5.58 Å². The largest absolute Gasteiger partial charge is 0.456 e. The molecule has 11 aromatic rings. The quantitative estimate of drug-likeness (QED) is 0.173. The number of hydrogen-bond donors (Lipinski definition) is 0. The minimum absolute atomic E-state index is 0.591. The standard InChI is InChI=1S/C49H30N2O3/c1-3-11-31(12-4-1)34-15-9-16-36(29-34)51(35-23-21-32(22-24-35)38-18-10-19-40-39-17-7-8-20-42(39)53-48(38)40)37-25-26-41-45(30-37)52-43-27-28-44-47(46(41)43)50-49(54-44)33-13-5-2-6-14-33/h1-30H. The third kappa shape index (κ3) is 4.90. The average molecular weight is 695 g/mol. The molecule has 0 amide bonds. The summed E-state index contributed by atoms with van der Waals surface area (Å²) in [5, 5.41) is 4.17. The molecule has 0 saturated carbocycles. The van der Waals surface area contributed by atoms with Crippen molar-refractivity contribution in [3.63, 3.8) is 0 Å². The van der Waals surface area contributed by atoms with Crippen molar-refractivity contribution in [1.82, 2.24) is 4.98 Å². The molecule has 3 heterocycles. The van der Waals surface area contributed by atoms with E-state index in [0.29, 0.717) is 5.89 Å². The fourth-order valence-corrected chi connectivity index (χ4v) is 7.75. The molecule has 5 nitrogen and oxygen atoms in total. The zero-order valence-corrected chi connectivity index (χ0v) is 28.9. The van der Waals surface area contributed by atoms with Gasteiger partial charge in [0.05, 0.1) is 5.39 Å². The molecule has 0 bridgehead atoms. The third-order valence-electron chi connectivity index (χ3n) is 10.3. The Balaban J connectivity index is 1.05. The van der Waals surface area contributed by atoms with Gasteiger partial charge in [-0.1, -0.05) is 109 Å². The molecule has 3 aromatic heterocycles. The van der Waals surface area contributed by atoms with Crippen molar-refractivity contribution in [1.29, 1.82) is 0 Å². The third-order valence-corrected chi connectivity index (χ3v) is 10.3. The first kappa shape index (κ1) is 30.3. The van der Waals surface area contributed by atoms with Crippen LogP contribution in [0.3, 0.4) is 0 Å². The molecular formula is C49H30N2O3. The van der Waals surface area contributed by atoms with Crippen LogP contribution in [-0.2, 0) is 0 Å². The van der Waals surface area contributed by atoms with Gasteiger partial charge < -0.3 is 18.2 Å². The number of fused-ring (bicyclic) bond motifs is 8. The van der Waals surface area contributed by atoms with E-state index in [1.165, 1.54) is 0 Å². The van der Waals surface area contributed by atoms with E-state index in [-0.39, 0.29) is 0 Å². The Bertz CT molecular complexity index is 3160. The van der Waals surface area contributed by atoms with Crippen LogP contribution in [-0.4, -0.2) is 4.98 Å². The Morgan fingerprint density at radius 3 is 1.91 bits per heavy atom. The zero-order chi connectivity index (χ0) is 35.6. The fraction of sp³-hybridized carbons (Fsp3) is 0. The van der Waals surface area contributed by atoms with Gasteiger partial charge in [-0.05, 0) is 83.4 Å². The van der Waals surface area contributed by atoms with Crippen LogP contribution in [0.5, 0.6) is 0 Å². The maximum atomic E-state index is 6.56. The summed E-state index contributed by atoms with van der Waals surface area (Å²) in [7, 11) is 0. The Hall–Kier alpha value is -7.37. The van der Waals surface area contributed by atoms with Crippen LogP contribution >= 0.6 is 0 Å². The summed E-state index contributed by atoms with van der Waals surface area (Å²) in [4.78, 5) is 7.23. The van der Waals surface area contributed by atoms with Gasteiger partial charge in [-0.25, -0.2) is 4.98 Å². The second kappa shape index (κ2) is 12.1. The van der Waals surface area contributed by atoms with Gasteiger partial charge in [-0.2, -0.15) is 0 Å². The number of furan rings is 2. The molecule has 254 valence electrons. The van der Waals surface area contributed by atoms with Crippen molar-refractivity contribution in [3.05, 3.63) is 182 Å². The number of oxazole rings is 1. The van der Waals surface area contributed by atoms with Crippen molar-refractivity contribution >= 4 is 72.0 Å². The molecule has 0 radical (unpaired) electrons. The Morgan fingerprint density at radius 2 is 1.06 bits per heavy atom. The van der Waals surface area contributed by atoms with Gasteiger partial charge in [-0.15, -0.1) is 0 Å².